The number of hydrogen-bond acceptors (Lipinski definition) is 3. The summed E-state index contributed by atoms with van der Waals surface area (Å²) in [4.78, 5) is 0. The molecule has 102 valence electrons. The van der Waals surface area contributed by atoms with Crippen molar-refractivity contribution in [3.63, 3.8) is 0 Å². The first-order chi connectivity index (χ1) is 9.79. The molecule has 1 N–H and O–H groups in total. The average Bonchev–Trinajstić information content (AvgIpc) is 2.91. The quantitative estimate of drug-likeness (QED) is 0.780. The molecule has 0 saturated carbocycles. The number of para-hydroxylation sites is 1. The van der Waals surface area contributed by atoms with Crippen LogP contribution in [0.25, 0.3) is 11.0 Å². The Morgan fingerprint density at radius 3 is 2.85 bits per heavy atom. The van der Waals surface area contributed by atoms with Crippen molar-refractivity contribution in [2.45, 2.75) is 13.0 Å². The Morgan fingerprint density at radius 2 is 2.00 bits per heavy atom. The average molecular weight is 268 g/mol. The highest BCUT2D eigenvalue weighted by Crippen LogP contribution is 2.31. The van der Waals surface area contributed by atoms with Gasteiger partial charge in [0, 0.05) is 10.9 Å². The fraction of sp³-hybridized carbons (Fsp3) is 0.176. The Bertz CT molecular complexity index is 715. The summed E-state index contributed by atoms with van der Waals surface area (Å²) in [6.07, 6.45) is 0.891. The third-order valence-electron chi connectivity index (χ3n) is 3.29. The lowest BCUT2D eigenvalue weighted by Gasteiger charge is -2.11. The van der Waals surface area contributed by atoms with Crippen LogP contribution < -0.4 is 4.74 Å². The normalized spacial score (nSPS) is 12.5. The summed E-state index contributed by atoms with van der Waals surface area (Å²) in [5.41, 5.74) is 2.35. The molecule has 0 amide bonds. The first-order valence-corrected chi connectivity index (χ1v) is 6.66. The molecule has 0 aliphatic carbocycles. The Kier molecular flexibility index (Phi) is 3.44. The molecule has 3 aromatic rings. The van der Waals surface area contributed by atoms with Gasteiger partial charge in [0.05, 0.1) is 12.9 Å². The van der Waals surface area contributed by atoms with Gasteiger partial charge in [0.25, 0.3) is 0 Å². The zero-order valence-corrected chi connectivity index (χ0v) is 11.2. The number of ether oxygens (including phenoxy) is 1. The van der Waals surface area contributed by atoms with Gasteiger partial charge in [0.2, 0.25) is 0 Å². The van der Waals surface area contributed by atoms with Crippen molar-refractivity contribution in [2.24, 2.45) is 0 Å². The summed E-state index contributed by atoms with van der Waals surface area (Å²) < 4.78 is 10.9. The van der Waals surface area contributed by atoms with Crippen molar-refractivity contribution >= 4 is 11.0 Å². The minimum atomic E-state index is -0.723. The van der Waals surface area contributed by atoms with E-state index in [1.165, 1.54) is 0 Å². The van der Waals surface area contributed by atoms with E-state index >= 15 is 0 Å². The van der Waals surface area contributed by atoms with E-state index in [0.717, 1.165) is 27.8 Å². The van der Waals surface area contributed by atoms with E-state index in [1.54, 1.807) is 6.26 Å². The van der Waals surface area contributed by atoms with Crippen molar-refractivity contribution in [3.8, 4) is 5.75 Å². The van der Waals surface area contributed by atoms with Gasteiger partial charge in [-0.25, -0.2) is 0 Å². The van der Waals surface area contributed by atoms with Crippen LogP contribution in [0.3, 0.4) is 0 Å². The lowest BCUT2D eigenvalue weighted by molar-refractivity contribution is 0.219. The predicted molar refractivity (Wildman–Crippen MR) is 77.9 cm³/mol. The van der Waals surface area contributed by atoms with Crippen LogP contribution in [0.15, 0.2) is 59.2 Å². The number of fused-ring (bicyclic) bond motifs is 1. The molecule has 3 nitrogen and oxygen atoms in total. The van der Waals surface area contributed by atoms with Gasteiger partial charge >= 0.3 is 0 Å². The second kappa shape index (κ2) is 5.39. The maximum absolute atomic E-state index is 10.6. The van der Waals surface area contributed by atoms with Crippen molar-refractivity contribution in [1.29, 1.82) is 0 Å². The van der Waals surface area contributed by atoms with E-state index in [2.05, 4.69) is 0 Å². The number of benzene rings is 2. The van der Waals surface area contributed by atoms with Crippen LogP contribution in [0.2, 0.25) is 0 Å². The molecular weight excluding hydrogens is 252 g/mol. The van der Waals surface area contributed by atoms with E-state index in [1.807, 2.05) is 55.5 Å². The van der Waals surface area contributed by atoms with E-state index in [-0.39, 0.29) is 0 Å². The third-order valence-corrected chi connectivity index (χ3v) is 3.29. The van der Waals surface area contributed by atoms with Gasteiger partial charge in [-0.1, -0.05) is 30.3 Å². The minimum absolute atomic E-state index is 0.605. The lowest BCUT2D eigenvalue weighted by atomic mass is 10.0. The monoisotopic (exact) mass is 268 g/mol. The molecule has 0 aliphatic rings. The maximum atomic E-state index is 10.6. The number of hydrogen-bond donors (Lipinski definition) is 1. The molecule has 20 heavy (non-hydrogen) atoms. The second-order valence-corrected chi connectivity index (χ2v) is 4.60. The molecule has 0 saturated heterocycles. The molecule has 0 fully saturated rings. The van der Waals surface area contributed by atoms with Crippen molar-refractivity contribution in [1.82, 2.24) is 0 Å². The van der Waals surface area contributed by atoms with Crippen molar-refractivity contribution in [2.75, 3.05) is 6.61 Å². The molecule has 1 atom stereocenters. The molecule has 1 heterocycles. The molecule has 0 radical (unpaired) electrons. The van der Waals surface area contributed by atoms with Crippen LogP contribution in [0.4, 0.5) is 0 Å². The number of rotatable bonds is 4. The van der Waals surface area contributed by atoms with Crippen molar-refractivity contribution in [3.05, 3.63) is 65.9 Å². The summed E-state index contributed by atoms with van der Waals surface area (Å²) in [6.45, 7) is 2.54. The van der Waals surface area contributed by atoms with Crippen LogP contribution in [0.5, 0.6) is 5.75 Å². The highest BCUT2D eigenvalue weighted by Gasteiger charge is 2.16. The molecule has 1 aromatic heterocycles. The molecule has 3 rings (SSSR count). The highest BCUT2D eigenvalue weighted by molar-refractivity contribution is 5.81. The fourth-order valence-electron chi connectivity index (χ4n) is 2.33. The van der Waals surface area contributed by atoms with E-state index in [4.69, 9.17) is 9.15 Å². The summed E-state index contributed by atoms with van der Waals surface area (Å²) in [7, 11) is 0. The lowest BCUT2D eigenvalue weighted by Crippen LogP contribution is -2.00. The topological polar surface area (TPSA) is 42.6 Å². The van der Waals surface area contributed by atoms with Crippen LogP contribution in [0, 0.1) is 0 Å². The van der Waals surface area contributed by atoms with Crippen molar-refractivity contribution < 1.29 is 14.3 Å². The maximum Gasteiger partial charge on any atom is 0.134 e. The minimum Gasteiger partial charge on any atom is -0.494 e. The first-order valence-electron chi connectivity index (χ1n) is 6.66. The molecule has 0 bridgehead atoms. The molecule has 2 aromatic carbocycles. The van der Waals surface area contributed by atoms with Crippen LogP contribution in [-0.2, 0) is 0 Å². The van der Waals surface area contributed by atoms with Gasteiger partial charge in [-0.2, -0.15) is 0 Å². The molecule has 1 unspecified atom stereocenters. The SMILES string of the molecule is CCOc1cccc(C(O)c2coc3ccccc23)c1. The van der Waals surface area contributed by atoms with E-state index < -0.39 is 6.10 Å². The largest absolute Gasteiger partial charge is 0.494 e. The standard InChI is InChI=1S/C17H16O3/c1-2-19-13-7-5-6-12(10-13)17(18)15-11-20-16-9-4-3-8-14(15)16/h3-11,17-18H,2H2,1H3. The van der Waals surface area contributed by atoms with Crippen LogP contribution >= 0.6 is 0 Å². The molecular formula is C17H16O3. The zero-order valence-electron chi connectivity index (χ0n) is 11.2. The van der Waals surface area contributed by atoms with E-state index in [0.29, 0.717) is 6.61 Å². The Hall–Kier alpha value is -2.26. The van der Waals surface area contributed by atoms with Crippen LogP contribution in [0.1, 0.15) is 24.2 Å². The summed E-state index contributed by atoms with van der Waals surface area (Å²) in [6, 6.07) is 15.2. The third kappa shape index (κ3) is 2.28. The van der Waals surface area contributed by atoms with Gasteiger partial charge in [-0.05, 0) is 30.7 Å². The number of furan rings is 1. The number of aliphatic hydroxyl groups excluding tert-OH is 1. The molecule has 3 heteroatoms. The van der Waals surface area contributed by atoms with Gasteiger partial charge in [0.15, 0.2) is 0 Å². The van der Waals surface area contributed by atoms with Gasteiger partial charge < -0.3 is 14.3 Å². The van der Waals surface area contributed by atoms with Crippen LogP contribution in [-0.4, -0.2) is 11.7 Å². The molecule has 0 spiro atoms. The molecule has 0 aliphatic heterocycles. The van der Waals surface area contributed by atoms with Gasteiger partial charge in [-0.15, -0.1) is 0 Å². The first kappa shape index (κ1) is 12.8. The smallest absolute Gasteiger partial charge is 0.134 e. The zero-order chi connectivity index (χ0) is 13.9. The fourth-order valence-corrected chi connectivity index (χ4v) is 2.33. The summed E-state index contributed by atoms with van der Waals surface area (Å²) in [5, 5.41) is 11.5. The van der Waals surface area contributed by atoms with E-state index in [9.17, 15) is 5.11 Å². The van der Waals surface area contributed by atoms with Gasteiger partial charge in [-0.3, -0.25) is 0 Å². The second-order valence-electron chi connectivity index (χ2n) is 4.60. The Labute approximate surface area is 117 Å². The predicted octanol–water partition coefficient (Wildman–Crippen LogP) is 3.91. The Balaban J connectivity index is 1.99. The van der Waals surface area contributed by atoms with Gasteiger partial charge in [0.1, 0.15) is 17.4 Å². The highest BCUT2D eigenvalue weighted by atomic mass is 16.5. The number of aliphatic hydroxyl groups is 1. The Morgan fingerprint density at radius 1 is 1.15 bits per heavy atom. The summed E-state index contributed by atoms with van der Waals surface area (Å²) in [5.74, 6) is 0.761. The summed E-state index contributed by atoms with van der Waals surface area (Å²) >= 11 is 0.